The molecule has 1 aromatic rings. The van der Waals surface area contributed by atoms with Gasteiger partial charge < -0.3 is 4.90 Å². The Labute approximate surface area is 120 Å². The number of alkyl halides is 1. The summed E-state index contributed by atoms with van der Waals surface area (Å²) in [6, 6.07) is 4.00. The fourth-order valence-corrected chi connectivity index (χ4v) is 2.96. The van der Waals surface area contributed by atoms with Gasteiger partial charge >= 0.3 is 0 Å². The molecular weight excluding hydrogens is 260 g/mol. The monoisotopic (exact) mass is 280 g/mol. The van der Waals surface area contributed by atoms with Gasteiger partial charge in [-0.2, -0.15) is 0 Å². The number of carbonyl (C=O) groups is 1. The van der Waals surface area contributed by atoms with Crippen LogP contribution >= 0.6 is 11.6 Å². The van der Waals surface area contributed by atoms with Crippen LogP contribution in [0.3, 0.4) is 0 Å². The lowest BCUT2D eigenvalue weighted by Gasteiger charge is -2.34. The number of hydrogen-bond donors (Lipinski definition) is 0. The zero-order chi connectivity index (χ0) is 13.7. The smallest absolute Gasteiger partial charge is 0.254 e. The summed E-state index contributed by atoms with van der Waals surface area (Å²) in [6.45, 7) is 2.54. The number of pyridine rings is 1. The Kier molecular flexibility index (Phi) is 5.20. The lowest BCUT2D eigenvalue weighted by atomic mass is 9.93. The van der Waals surface area contributed by atoms with E-state index in [0.717, 1.165) is 24.1 Å². The first-order valence-electron chi connectivity index (χ1n) is 7.02. The van der Waals surface area contributed by atoms with Gasteiger partial charge in [0.05, 0.1) is 0 Å². The standard InChI is InChI=1S/C15H21ClN2O/c1-12-11-13(7-9-17-12)15(19)18(10-8-16)14-5-3-2-4-6-14/h7,9,11,14H,2-6,8,10H2,1H3. The van der Waals surface area contributed by atoms with Crippen molar-refractivity contribution in [2.75, 3.05) is 12.4 Å². The van der Waals surface area contributed by atoms with Crippen molar-refractivity contribution in [2.24, 2.45) is 0 Å². The third-order valence-corrected chi connectivity index (χ3v) is 3.91. The molecule has 0 unspecified atom stereocenters. The molecular formula is C15H21ClN2O. The molecule has 0 N–H and O–H groups in total. The molecule has 1 amide bonds. The number of aromatic nitrogens is 1. The molecule has 1 heterocycles. The van der Waals surface area contributed by atoms with Crippen LogP contribution in [0.1, 0.15) is 48.2 Å². The topological polar surface area (TPSA) is 33.2 Å². The third-order valence-electron chi connectivity index (χ3n) is 3.75. The van der Waals surface area contributed by atoms with Crippen molar-refractivity contribution in [2.45, 2.75) is 45.1 Å². The van der Waals surface area contributed by atoms with E-state index < -0.39 is 0 Å². The molecule has 2 rings (SSSR count). The predicted molar refractivity (Wildman–Crippen MR) is 77.6 cm³/mol. The van der Waals surface area contributed by atoms with Crippen molar-refractivity contribution < 1.29 is 4.79 Å². The normalized spacial score (nSPS) is 16.3. The number of amides is 1. The van der Waals surface area contributed by atoms with Crippen molar-refractivity contribution in [3.05, 3.63) is 29.6 Å². The molecule has 19 heavy (non-hydrogen) atoms. The van der Waals surface area contributed by atoms with Crippen LogP contribution in [0.2, 0.25) is 0 Å². The van der Waals surface area contributed by atoms with E-state index in [-0.39, 0.29) is 5.91 Å². The lowest BCUT2D eigenvalue weighted by molar-refractivity contribution is 0.0649. The largest absolute Gasteiger partial charge is 0.334 e. The van der Waals surface area contributed by atoms with Crippen LogP contribution < -0.4 is 0 Å². The highest BCUT2D eigenvalue weighted by Gasteiger charge is 2.25. The van der Waals surface area contributed by atoms with Gasteiger partial charge in [-0.05, 0) is 31.9 Å². The Bertz CT molecular complexity index is 430. The van der Waals surface area contributed by atoms with Gasteiger partial charge in [0.25, 0.3) is 5.91 Å². The van der Waals surface area contributed by atoms with Crippen LogP contribution in [-0.4, -0.2) is 34.3 Å². The fourth-order valence-electron chi connectivity index (χ4n) is 2.78. The SMILES string of the molecule is Cc1cc(C(=O)N(CCCl)C2CCCCC2)ccn1. The number of rotatable bonds is 4. The van der Waals surface area contributed by atoms with Crippen molar-refractivity contribution >= 4 is 17.5 Å². The second-order valence-electron chi connectivity index (χ2n) is 5.17. The summed E-state index contributed by atoms with van der Waals surface area (Å²) in [5.74, 6) is 0.588. The lowest BCUT2D eigenvalue weighted by Crippen LogP contribution is -2.42. The second-order valence-corrected chi connectivity index (χ2v) is 5.54. The Morgan fingerprint density at radius 1 is 1.42 bits per heavy atom. The molecule has 0 aromatic carbocycles. The summed E-state index contributed by atoms with van der Waals surface area (Å²) in [5.41, 5.74) is 1.60. The van der Waals surface area contributed by atoms with Gasteiger partial charge in [-0.3, -0.25) is 9.78 Å². The molecule has 0 atom stereocenters. The van der Waals surface area contributed by atoms with Gasteiger partial charge in [0.15, 0.2) is 0 Å². The minimum Gasteiger partial charge on any atom is -0.334 e. The van der Waals surface area contributed by atoms with Crippen LogP contribution in [0.5, 0.6) is 0 Å². The van der Waals surface area contributed by atoms with E-state index in [2.05, 4.69) is 4.98 Å². The summed E-state index contributed by atoms with van der Waals surface area (Å²) >= 11 is 5.87. The summed E-state index contributed by atoms with van der Waals surface area (Å²) in [7, 11) is 0. The molecule has 1 aliphatic carbocycles. The number of aryl methyl sites for hydroxylation is 1. The van der Waals surface area contributed by atoms with E-state index in [0.29, 0.717) is 18.5 Å². The number of halogens is 1. The molecule has 104 valence electrons. The Balaban J connectivity index is 2.15. The van der Waals surface area contributed by atoms with Crippen LogP contribution in [-0.2, 0) is 0 Å². The molecule has 1 aromatic heterocycles. The third kappa shape index (κ3) is 3.69. The van der Waals surface area contributed by atoms with Crippen LogP contribution in [0.25, 0.3) is 0 Å². The van der Waals surface area contributed by atoms with Gasteiger partial charge in [0, 0.05) is 35.9 Å². The van der Waals surface area contributed by atoms with Gasteiger partial charge in [0.1, 0.15) is 0 Å². The maximum Gasteiger partial charge on any atom is 0.254 e. The van der Waals surface area contributed by atoms with E-state index >= 15 is 0 Å². The summed E-state index contributed by atoms with van der Waals surface area (Å²) in [6.07, 6.45) is 7.62. The molecule has 0 aliphatic heterocycles. The number of hydrogen-bond acceptors (Lipinski definition) is 2. The molecule has 3 nitrogen and oxygen atoms in total. The highest BCUT2D eigenvalue weighted by atomic mass is 35.5. The Hall–Kier alpha value is -1.09. The first-order valence-corrected chi connectivity index (χ1v) is 7.55. The average molecular weight is 281 g/mol. The quantitative estimate of drug-likeness (QED) is 0.792. The van der Waals surface area contributed by atoms with Gasteiger partial charge in [-0.25, -0.2) is 0 Å². The minimum atomic E-state index is 0.0954. The maximum atomic E-state index is 12.6. The predicted octanol–water partition coefficient (Wildman–Crippen LogP) is 3.40. The van der Waals surface area contributed by atoms with E-state index in [1.54, 1.807) is 12.3 Å². The first kappa shape index (κ1) is 14.3. The van der Waals surface area contributed by atoms with Gasteiger partial charge in [-0.15, -0.1) is 11.6 Å². The highest BCUT2D eigenvalue weighted by molar-refractivity contribution is 6.18. The first-order chi connectivity index (χ1) is 9.22. The number of nitrogens with zero attached hydrogens (tertiary/aromatic N) is 2. The molecule has 0 bridgehead atoms. The molecule has 4 heteroatoms. The molecule has 0 radical (unpaired) electrons. The van der Waals surface area contributed by atoms with Gasteiger partial charge in [0.2, 0.25) is 0 Å². The van der Waals surface area contributed by atoms with E-state index in [9.17, 15) is 4.79 Å². The molecule has 1 saturated carbocycles. The Morgan fingerprint density at radius 2 is 2.16 bits per heavy atom. The van der Waals surface area contributed by atoms with Crippen molar-refractivity contribution in [3.63, 3.8) is 0 Å². The summed E-state index contributed by atoms with van der Waals surface area (Å²) in [5, 5.41) is 0. The van der Waals surface area contributed by atoms with Gasteiger partial charge in [-0.1, -0.05) is 19.3 Å². The zero-order valence-corrected chi connectivity index (χ0v) is 12.2. The van der Waals surface area contributed by atoms with Crippen LogP contribution in [0.4, 0.5) is 0 Å². The van der Waals surface area contributed by atoms with Crippen molar-refractivity contribution in [3.8, 4) is 0 Å². The number of carbonyl (C=O) groups excluding carboxylic acids is 1. The van der Waals surface area contributed by atoms with Crippen molar-refractivity contribution in [1.82, 2.24) is 9.88 Å². The van der Waals surface area contributed by atoms with E-state index in [1.807, 2.05) is 17.9 Å². The molecule has 0 saturated heterocycles. The Morgan fingerprint density at radius 3 is 2.79 bits per heavy atom. The summed E-state index contributed by atoms with van der Waals surface area (Å²) in [4.78, 5) is 18.7. The van der Waals surface area contributed by atoms with Crippen molar-refractivity contribution in [1.29, 1.82) is 0 Å². The molecule has 1 aliphatic rings. The average Bonchev–Trinajstić information content (AvgIpc) is 2.45. The van der Waals surface area contributed by atoms with E-state index in [4.69, 9.17) is 11.6 Å². The summed E-state index contributed by atoms with van der Waals surface area (Å²) < 4.78 is 0. The van der Waals surface area contributed by atoms with E-state index in [1.165, 1.54) is 19.3 Å². The second kappa shape index (κ2) is 6.90. The van der Waals surface area contributed by atoms with Crippen LogP contribution in [0.15, 0.2) is 18.3 Å². The molecule has 0 spiro atoms. The zero-order valence-electron chi connectivity index (χ0n) is 11.4. The maximum absolute atomic E-state index is 12.6. The molecule has 1 fully saturated rings. The fraction of sp³-hybridized carbons (Fsp3) is 0.600. The highest BCUT2D eigenvalue weighted by Crippen LogP contribution is 2.24. The minimum absolute atomic E-state index is 0.0954. The van der Waals surface area contributed by atoms with Crippen LogP contribution in [0, 0.1) is 6.92 Å².